The van der Waals surface area contributed by atoms with Crippen molar-refractivity contribution in [3.8, 4) is 11.8 Å². The minimum Gasteiger partial charge on any atom is -0.444 e. The zero-order valence-corrected chi connectivity index (χ0v) is 13.6. The molecule has 0 aliphatic heterocycles. The first kappa shape index (κ1) is 16.3. The van der Waals surface area contributed by atoms with Gasteiger partial charge in [-0.1, -0.05) is 48.5 Å². The van der Waals surface area contributed by atoms with Crippen LogP contribution in [0.2, 0.25) is 0 Å². The Labute approximate surface area is 145 Å². The molecule has 2 aromatic carbocycles. The number of rotatable bonds is 4. The minimum absolute atomic E-state index is 0.146. The molecule has 0 radical (unpaired) electrons. The maximum absolute atomic E-state index is 12.1. The Morgan fingerprint density at radius 2 is 1.92 bits per heavy atom. The van der Waals surface area contributed by atoms with Crippen molar-refractivity contribution in [2.75, 3.05) is 5.32 Å². The average Bonchev–Trinajstić information content (AvgIpc) is 3.03. The fourth-order valence-corrected chi connectivity index (χ4v) is 2.39. The lowest BCUT2D eigenvalue weighted by molar-refractivity contribution is 0.155. The topological polar surface area (TPSA) is 79.9 Å². The van der Waals surface area contributed by atoms with Gasteiger partial charge in [-0.2, -0.15) is 10.4 Å². The molecule has 0 fully saturated rings. The molecule has 6 heteroatoms. The molecule has 0 aliphatic carbocycles. The van der Waals surface area contributed by atoms with Gasteiger partial charge in [-0.25, -0.2) is 9.48 Å². The van der Waals surface area contributed by atoms with Crippen molar-refractivity contribution in [1.29, 1.82) is 5.26 Å². The quantitative estimate of drug-likeness (QED) is 0.788. The van der Waals surface area contributed by atoms with E-state index in [1.807, 2.05) is 67.6 Å². The van der Waals surface area contributed by atoms with Crippen molar-refractivity contribution in [2.45, 2.75) is 13.5 Å². The first-order chi connectivity index (χ1) is 12.2. The second kappa shape index (κ2) is 7.32. The van der Waals surface area contributed by atoms with Gasteiger partial charge in [-0.15, -0.1) is 0 Å². The normalized spacial score (nSPS) is 10.1. The molecule has 124 valence electrons. The Kier molecular flexibility index (Phi) is 4.77. The molecule has 0 saturated heterocycles. The SMILES string of the molecule is Cc1ccccc1-n1ncc(C#N)c1NC(=O)OCc1ccccc1. The number of para-hydroxylation sites is 1. The van der Waals surface area contributed by atoms with Crippen LogP contribution in [0.4, 0.5) is 10.6 Å². The number of nitrogens with zero attached hydrogens (tertiary/aromatic N) is 3. The van der Waals surface area contributed by atoms with Crippen LogP contribution < -0.4 is 5.32 Å². The lowest BCUT2D eigenvalue weighted by atomic mass is 10.2. The number of hydrogen-bond donors (Lipinski definition) is 1. The van der Waals surface area contributed by atoms with Crippen molar-refractivity contribution in [3.05, 3.63) is 77.5 Å². The summed E-state index contributed by atoms with van der Waals surface area (Å²) in [5, 5.41) is 16.1. The summed E-state index contributed by atoms with van der Waals surface area (Å²) >= 11 is 0. The molecule has 0 unspecified atom stereocenters. The maximum Gasteiger partial charge on any atom is 0.413 e. The van der Waals surface area contributed by atoms with E-state index in [1.165, 1.54) is 10.9 Å². The van der Waals surface area contributed by atoms with Gasteiger partial charge in [0.25, 0.3) is 0 Å². The zero-order valence-electron chi connectivity index (χ0n) is 13.6. The van der Waals surface area contributed by atoms with Gasteiger partial charge >= 0.3 is 6.09 Å². The van der Waals surface area contributed by atoms with Gasteiger partial charge < -0.3 is 4.74 Å². The summed E-state index contributed by atoms with van der Waals surface area (Å²) in [6.07, 6.45) is 0.773. The predicted octanol–water partition coefficient (Wildman–Crippen LogP) is 3.80. The minimum atomic E-state index is -0.643. The molecule has 0 aliphatic rings. The molecule has 0 bridgehead atoms. The Morgan fingerprint density at radius 3 is 2.64 bits per heavy atom. The summed E-state index contributed by atoms with van der Waals surface area (Å²) in [4.78, 5) is 12.1. The van der Waals surface area contributed by atoms with Crippen LogP contribution in [0.5, 0.6) is 0 Å². The Balaban J connectivity index is 1.80. The molecule has 0 atom stereocenters. The van der Waals surface area contributed by atoms with E-state index < -0.39 is 6.09 Å². The van der Waals surface area contributed by atoms with Crippen LogP contribution >= 0.6 is 0 Å². The summed E-state index contributed by atoms with van der Waals surface area (Å²) < 4.78 is 6.75. The van der Waals surface area contributed by atoms with Gasteiger partial charge in [0, 0.05) is 0 Å². The molecule has 25 heavy (non-hydrogen) atoms. The standard InChI is InChI=1S/C19H16N4O2/c1-14-7-5-6-10-17(14)23-18(16(11-20)12-21-23)22-19(24)25-13-15-8-3-2-4-9-15/h2-10,12H,13H2,1H3,(H,22,24). The van der Waals surface area contributed by atoms with E-state index in [-0.39, 0.29) is 18.0 Å². The smallest absolute Gasteiger partial charge is 0.413 e. The van der Waals surface area contributed by atoms with Crippen LogP contribution in [0.15, 0.2) is 60.8 Å². The highest BCUT2D eigenvalue weighted by molar-refractivity contribution is 5.85. The Bertz CT molecular complexity index is 926. The number of anilines is 1. The van der Waals surface area contributed by atoms with E-state index >= 15 is 0 Å². The summed E-state index contributed by atoms with van der Waals surface area (Å²) in [5.74, 6) is 0.287. The number of carbonyl (C=O) groups is 1. The van der Waals surface area contributed by atoms with Crippen LogP contribution in [-0.4, -0.2) is 15.9 Å². The number of hydrogen-bond acceptors (Lipinski definition) is 4. The highest BCUT2D eigenvalue weighted by Crippen LogP contribution is 2.22. The number of carbonyl (C=O) groups excluding carboxylic acids is 1. The van der Waals surface area contributed by atoms with E-state index in [4.69, 9.17) is 4.74 Å². The van der Waals surface area contributed by atoms with Crippen molar-refractivity contribution < 1.29 is 9.53 Å². The van der Waals surface area contributed by atoms with Gasteiger partial charge in [-0.05, 0) is 24.1 Å². The third-order valence-corrected chi connectivity index (χ3v) is 3.67. The third kappa shape index (κ3) is 3.67. The van der Waals surface area contributed by atoms with Crippen molar-refractivity contribution in [3.63, 3.8) is 0 Å². The van der Waals surface area contributed by atoms with E-state index in [0.29, 0.717) is 0 Å². The zero-order chi connectivity index (χ0) is 17.6. The molecule has 1 heterocycles. The molecule has 3 rings (SSSR count). The van der Waals surface area contributed by atoms with Crippen molar-refractivity contribution >= 4 is 11.9 Å². The molecule has 6 nitrogen and oxygen atoms in total. The summed E-state index contributed by atoms with van der Waals surface area (Å²) in [6.45, 7) is 2.08. The van der Waals surface area contributed by atoms with Gasteiger partial charge in [0.1, 0.15) is 18.2 Å². The first-order valence-electron chi connectivity index (χ1n) is 7.71. The van der Waals surface area contributed by atoms with Gasteiger partial charge in [0.2, 0.25) is 0 Å². The van der Waals surface area contributed by atoms with Crippen molar-refractivity contribution in [2.24, 2.45) is 0 Å². The summed E-state index contributed by atoms with van der Waals surface area (Å²) in [6, 6.07) is 19.0. The molecule has 1 aromatic heterocycles. The third-order valence-electron chi connectivity index (χ3n) is 3.67. The number of aryl methyl sites for hydroxylation is 1. The lowest BCUT2D eigenvalue weighted by Crippen LogP contribution is -2.17. The van der Waals surface area contributed by atoms with Crippen LogP contribution in [-0.2, 0) is 11.3 Å². The predicted molar refractivity (Wildman–Crippen MR) is 93.3 cm³/mol. The lowest BCUT2D eigenvalue weighted by Gasteiger charge is -2.12. The van der Waals surface area contributed by atoms with Crippen LogP contribution in [0.1, 0.15) is 16.7 Å². The number of nitriles is 1. The fraction of sp³-hybridized carbons (Fsp3) is 0.105. The van der Waals surface area contributed by atoms with Gasteiger partial charge in [0.05, 0.1) is 11.9 Å². The van der Waals surface area contributed by atoms with E-state index in [9.17, 15) is 10.1 Å². The molecule has 1 amide bonds. The fourth-order valence-electron chi connectivity index (χ4n) is 2.39. The molecule has 0 saturated carbocycles. The monoisotopic (exact) mass is 332 g/mol. The highest BCUT2D eigenvalue weighted by Gasteiger charge is 2.16. The van der Waals surface area contributed by atoms with Crippen molar-refractivity contribution in [1.82, 2.24) is 9.78 Å². The van der Waals surface area contributed by atoms with E-state index in [1.54, 1.807) is 0 Å². The number of nitrogens with one attached hydrogen (secondary N) is 1. The number of ether oxygens (including phenoxy) is 1. The van der Waals surface area contributed by atoms with E-state index in [0.717, 1.165) is 16.8 Å². The molecular weight excluding hydrogens is 316 g/mol. The highest BCUT2D eigenvalue weighted by atomic mass is 16.5. The van der Waals surface area contributed by atoms with Gasteiger partial charge in [0.15, 0.2) is 5.82 Å². The first-order valence-corrected chi connectivity index (χ1v) is 7.71. The molecule has 0 spiro atoms. The second-order valence-electron chi connectivity index (χ2n) is 5.40. The molecule has 3 aromatic rings. The molecular formula is C19H16N4O2. The number of aromatic nitrogens is 2. The van der Waals surface area contributed by atoms with Crippen LogP contribution in [0, 0.1) is 18.3 Å². The Morgan fingerprint density at radius 1 is 1.20 bits per heavy atom. The second-order valence-corrected chi connectivity index (χ2v) is 5.40. The van der Waals surface area contributed by atoms with Crippen LogP contribution in [0.25, 0.3) is 5.69 Å². The summed E-state index contributed by atoms with van der Waals surface area (Å²) in [7, 11) is 0. The maximum atomic E-state index is 12.1. The summed E-state index contributed by atoms with van der Waals surface area (Å²) in [5.41, 5.74) is 2.89. The number of amides is 1. The Hall–Kier alpha value is -3.59. The number of benzene rings is 2. The largest absolute Gasteiger partial charge is 0.444 e. The van der Waals surface area contributed by atoms with Crippen LogP contribution in [0.3, 0.4) is 0 Å². The molecule has 1 N–H and O–H groups in total. The van der Waals surface area contributed by atoms with E-state index in [2.05, 4.69) is 10.4 Å². The van der Waals surface area contributed by atoms with Gasteiger partial charge in [-0.3, -0.25) is 5.32 Å². The average molecular weight is 332 g/mol.